The fourth-order valence-electron chi connectivity index (χ4n) is 2.87. The number of alkyl halides is 2. The Balaban J connectivity index is 2.11. The number of benzene rings is 2. The molecule has 1 N–H and O–H groups in total. The average Bonchev–Trinajstić information content (AvgIpc) is 2.83. The second kappa shape index (κ2) is 6.19. The minimum Gasteiger partial charge on any atom is -0.458 e. The molecule has 0 aromatic heterocycles. The molecule has 3 rings (SSSR count). The highest BCUT2D eigenvalue weighted by molar-refractivity contribution is 7.91. The van der Waals surface area contributed by atoms with Gasteiger partial charge in [-0.1, -0.05) is 23.7 Å². The van der Waals surface area contributed by atoms with E-state index < -0.39 is 32.1 Å². The van der Waals surface area contributed by atoms with Crippen molar-refractivity contribution in [1.29, 1.82) is 0 Å². The maximum absolute atomic E-state index is 13.5. The number of aryl methyl sites for hydroxylation is 1. The van der Waals surface area contributed by atoms with Crippen LogP contribution >= 0.6 is 11.6 Å². The number of halogens is 4. The van der Waals surface area contributed by atoms with E-state index in [1.165, 1.54) is 18.2 Å². The molecule has 1 unspecified atom stereocenters. The highest BCUT2D eigenvalue weighted by Gasteiger charge is 2.45. The third-order valence-corrected chi connectivity index (χ3v) is 5.54. The Kier molecular flexibility index (Phi) is 4.47. The quantitative estimate of drug-likeness (QED) is 0.807. The average molecular weight is 393 g/mol. The molecule has 0 aliphatic heterocycles. The molecule has 25 heavy (non-hydrogen) atoms. The van der Waals surface area contributed by atoms with Gasteiger partial charge in [-0.05, 0) is 30.2 Å². The van der Waals surface area contributed by atoms with Gasteiger partial charge in [0.1, 0.15) is 11.6 Å². The largest absolute Gasteiger partial charge is 0.458 e. The lowest BCUT2D eigenvalue weighted by Gasteiger charge is -2.27. The summed E-state index contributed by atoms with van der Waals surface area (Å²) in [5, 5.41) is 10.8. The van der Waals surface area contributed by atoms with Crippen molar-refractivity contribution in [3.05, 3.63) is 58.4 Å². The van der Waals surface area contributed by atoms with Crippen molar-refractivity contribution < 1.29 is 31.4 Å². The molecule has 2 aromatic rings. The van der Waals surface area contributed by atoms with Gasteiger partial charge < -0.3 is 9.84 Å². The van der Waals surface area contributed by atoms with Gasteiger partial charge in [0.2, 0.25) is 15.6 Å². The Morgan fingerprint density at radius 3 is 2.60 bits per heavy atom. The number of rotatable bonds is 4. The Morgan fingerprint density at radius 2 is 1.96 bits per heavy atom. The molecule has 134 valence electrons. The zero-order valence-electron chi connectivity index (χ0n) is 12.5. The second-order valence-electron chi connectivity index (χ2n) is 5.59. The molecular formula is C16H12ClF3O4S. The van der Waals surface area contributed by atoms with E-state index in [0.717, 1.165) is 18.2 Å². The number of hydrogen-bond acceptors (Lipinski definition) is 4. The van der Waals surface area contributed by atoms with Crippen LogP contribution in [0.3, 0.4) is 0 Å². The van der Waals surface area contributed by atoms with Crippen molar-refractivity contribution in [2.75, 3.05) is 0 Å². The summed E-state index contributed by atoms with van der Waals surface area (Å²) in [7, 11) is -4.96. The molecule has 0 saturated carbocycles. The SMILES string of the molecule is O=S(=O)(c1cccc2c1C(O)(Oc1cc(F)cc(Cl)c1)CC2)C(F)F. The van der Waals surface area contributed by atoms with Crippen molar-refractivity contribution in [2.45, 2.75) is 29.3 Å². The first-order chi connectivity index (χ1) is 11.6. The minimum atomic E-state index is -4.96. The predicted molar refractivity (Wildman–Crippen MR) is 83.9 cm³/mol. The number of hydrogen-bond donors (Lipinski definition) is 1. The summed E-state index contributed by atoms with van der Waals surface area (Å²) in [5.41, 5.74) is 0.113. The van der Waals surface area contributed by atoms with Crippen LogP contribution in [-0.4, -0.2) is 19.3 Å². The smallest absolute Gasteiger partial charge is 0.341 e. The van der Waals surface area contributed by atoms with Gasteiger partial charge in [-0.25, -0.2) is 12.8 Å². The van der Waals surface area contributed by atoms with Crippen molar-refractivity contribution >= 4 is 21.4 Å². The monoisotopic (exact) mass is 392 g/mol. The molecule has 1 aliphatic carbocycles. The first-order valence-electron chi connectivity index (χ1n) is 7.15. The van der Waals surface area contributed by atoms with Crippen LogP contribution in [0.25, 0.3) is 0 Å². The molecule has 4 nitrogen and oxygen atoms in total. The molecule has 0 amide bonds. The zero-order chi connectivity index (χ0) is 18.4. The van der Waals surface area contributed by atoms with E-state index >= 15 is 0 Å². The highest BCUT2D eigenvalue weighted by atomic mass is 35.5. The van der Waals surface area contributed by atoms with E-state index in [9.17, 15) is 26.7 Å². The number of fused-ring (bicyclic) bond motifs is 1. The number of sulfone groups is 1. The molecule has 0 heterocycles. The van der Waals surface area contributed by atoms with Gasteiger partial charge in [0, 0.05) is 23.1 Å². The molecule has 0 bridgehead atoms. The van der Waals surface area contributed by atoms with Gasteiger partial charge in [0.05, 0.1) is 4.90 Å². The molecule has 9 heteroatoms. The van der Waals surface area contributed by atoms with E-state index in [0.29, 0.717) is 5.56 Å². The Morgan fingerprint density at radius 1 is 1.24 bits per heavy atom. The van der Waals surface area contributed by atoms with Gasteiger partial charge in [-0.3, -0.25) is 0 Å². The zero-order valence-corrected chi connectivity index (χ0v) is 14.1. The van der Waals surface area contributed by atoms with E-state index in [1.807, 2.05) is 0 Å². The normalized spacial score (nSPS) is 19.9. The lowest BCUT2D eigenvalue weighted by Crippen LogP contribution is -2.32. The fraction of sp³-hybridized carbons (Fsp3) is 0.250. The lowest BCUT2D eigenvalue weighted by molar-refractivity contribution is -0.145. The molecule has 1 aliphatic rings. The van der Waals surface area contributed by atoms with Crippen LogP contribution in [0, 0.1) is 5.82 Å². The lowest BCUT2D eigenvalue weighted by atomic mass is 10.1. The maximum atomic E-state index is 13.5. The third kappa shape index (κ3) is 3.21. The summed E-state index contributed by atoms with van der Waals surface area (Å²) >= 11 is 5.73. The highest BCUT2D eigenvalue weighted by Crippen LogP contribution is 2.43. The summed E-state index contributed by atoms with van der Waals surface area (Å²) in [6.45, 7) is 0. The van der Waals surface area contributed by atoms with Crippen LogP contribution in [0.15, 0.2) is 41.3 Å². The van der Waals surface area contributed by atoms with Gasteiger partial charge in [-0.2, -0.15) is 8.78 Å². The van der Waals surface area contributed by atoms with Gasteiger partial charge in [-0.15, -0.1) is 0 Å². The number of ether oxygens (including phenoxy) is 1. The standard InChI is InChI=1S/C16H12ClF3O4S/c17-10-6-11(18)8-12(7-10)24-16(21)5-4-9-2-1-3-13(14(9)16)25(22,23)15(19)20/h1-3,6-8,15,21H,4-5H2. The van der Waals surface area contributed by atoms with Crippen molar-refractivity contribution in [1.82, 2.24) is 0 Å². The van der Waals surface area contributed by atoms with Crippen LogP contribution in [0.2, 0.25) is 5.02 Å². The molecule has 0 saturated heterocycles. The maximum Gasteiger partial charge on any atom is 0.341 e. The van der Waals surface area contributed by atoms with Crippen LogP contribution in [-0.2, 0) is 22.0 Å². The van der Waals surface area contributed by atoms with Gasteiger partial charge in [0.25, 0.3) is 0 Å². The van der Waals surface area contributed by atoms with Crippen molar-refractivity contribution in [3.8, 4) is 5.75 Å². The van der Waals surface area contributed by atoms with Gasteiger partial charge in [0.15, 0.2) is 0 Å². The van der Waals surface area contributed by atoms with Gasteiger partial charge >= 0.3 is 5.76 Å². The summed E-state index contributed by atoms with van der Waals surface area (Å²) in [6.07, 6.45) is 0.133. The second-order valence-corrected chi connectivity index (χ2v) is 7.91. The molecule has 0 spiro atoms. The topological polar surface area (TPSA) is 63.6 Å². The molecular weight excluding hydrogens is 381 g/mol. The Hall–Kier alpha value is -1.77. The first kappa shape index (κ1) is 18.0. The summed E-state index contributed by atoms with van der Waals surface area (Å²) < 4.78 is 68.7. The van der Waals surface area contributed by atoms with E-state index in [4.69, 9.17) is 16.3 Å². The van der Waals surface area contributed by atoms with Crippen molar-refractivity contribution in [3.63, 3.8) is 0 Å². The Labute approximate surface area is 146 Å². The summed E-state index contributed by atoms with van der Waals surface area (Å²) in [6, 6.07) is 7.02. The van der Waals surface area contributed by atoms with Crippen LogP contribution in [0.4, 0.5) is 13.2 Å². The van der Waals surface area contributed by atoms with Crippen molar-refractivity contribution in [2.24, 2.45) is 0 Å². The summed E-state index contributed by atoms with van der Waals surface area (Å²) in [5.74, 6) is -6.71. The van der Waals surface area contributed by atoms with E-state index in [-0.39, 0.29) is 29.2 Å². The minimum absolute atomic E-state index is 0.00491. The van der Waals surface area contributed by atoms with Crippen LogP contribution < -0.4 is 4.74 Å². The Bertz CT molecular complexity index is 913. The molecule has 0 radical (unpaired) electrons. The van der Waals surface area contributed by atoms with Crippen LogP contribution in [0.1, 0.15) is 17.5 Å². The third-order valence-electron chi connectivity index (χ3n) is 3.90. The predicted octanol–water partition coefficient (Wildman–Crippen LogP) is 3.65. The molecule has 1 atom stereocenters. The van der Waals surface area contributed by atoms with E-state index in [2.05, 4.69) is 0 Å². The van der Waals surface area contributed by atoms with E-state index in [1.54, 1.807) is 0 Å². The molecule has 0 fully saturated rings. The number of aliphatic hydroxyl groups is 1. The summed E-state index contributed by atoms with van der Waals surface area (Å²) in [4.78, 5) is -0.706. The fourth-order valence-corrected chi connectivity index (χ4v) is 4.12. The molecule has 2 aromatic carbocycles. The first-order valence-corrected chi connectivity index (χ1v) is 9.08. The van der Waals surface area contributed by atoms with Crippen LogP contribution in [0.5, 0.6) is 5.75 Å².